The summed E-state index contributed by atoms with van der Waals surface area (Å²) in [6.45, 7) is 1.34. The third-order valence-electron chi connectivity index (χ3n) is 4.74. The Morgan fingerprint density at radius 2 is 1.48 bits per heavy atom. The molecule has 0 N–H and O–H groups in total. The van der Waals surface area contributed by atoms with Crippen LogP contribution in [0.25, 0.3) is 0 Å². The van der Waals surface area contributed by atoms with Gasteiger partial charge in [-0.2, -0.15) is 13.2 Å². The molecule has 29 heavy (non-hydrogen) atoms. The first-order chi connectivity index (χ1) is 13.7. The van der Waals surface area contributed by atoms with Gasteiger partial charge in [-0.15, -0.1) is 0 Å². The number of hydrogen-bond donors (Lipinski definition) is 0. The first kappa shape index (κ1) is 21.5. The molecule has 0 unspecified atom stereocenters. The predicted octanol–water partition coefficient (Wildman–Crippen LogP) is 4.54. The second-order valence-corrected chi connectivity index (χ2v) is 7.43. The van der Waals surface area contributed by atoms with E-state index in [-0.39, 0.29) is 23.3 Å². The van der Waals surface area contributed by atoms with Crippen LogP contribution in [0.3, 0.4) is 0 Å². The summed E-state index contributed by atoms with van der Waals surface area (Å²) < 4.78 is 37.9. The van der Waals surface area contributed by atoms with Crippen molar-refractivity contribution >= 4 is 35.0 Å². The van der Waals surface area contributed by atoms with Crippen LogP contribution in [0.1, 0.15) is 21.5 Å². The number of benzene rings is 2. The zero-order valence-electron chi connectivity index (χ0n) is 15.2. The van der Waals surface area contributed by atoms with Crippen LogP contribution in [-0.2, 0) is 17.4 Å². The van der Waals surface area contributed by atoms with Gasteiger partial charge in [0, 0.05) is 26.2 Å². The fourth-order valence-corrected chi connectivity index (χ4v) is 3.48. The fraction of sp³-hybridized carbons (Fsp3) is 0.300. The summed E-state index contributed by atoms with van der Waals surface area (Å²) in [5, 5.41) is 0.489. The summed E-state index contributed by atoms with van der Waals surface area (Å²) in [4.78, 5) is 28.3. The molecule has 1 saturated heterocycles. The third kappa shape index (κ3) is 5.03. The van der Waals surface area contributed by atoms with Crippen molar-refractivity contribution in [2.75, 3.05) is 26.2 Å². The highest BCUT2D eigenvalue weighted by molar-refractivity contribution is 6.43. The number of amides is 2. The van der Waals surface area contributed by atoms with Crippen LogP contribution in [-0.4, -0.2) is 47.8 Å². The maximum Gasteiger partial charge on any atom is 0.416 e. The summed E-state index contributed by atoms with van der Waals surface area (Å²) in [6.07, 6.45) is -4.40. The van der Waals surface area contributed by atoms with Gasteiger partial charge >= 0.3 is 6.18 Å². The van der Waals surface area contributed by atoms with Crippen LogP contribution in [0.2, 0.25) is 10.0 Å². The van der Waals surface area contributed by atoms with E-state index >= 15 is 0 Å². The van der Waals surface area contributed by atoms with E-state index in [0.717, 1.165) is 12.1 Å². The Hall–Kier alpha value is -2.25. The van der Waals surface area contributed by atoms with Gasteiger partial charge in [0.05, 0.1) is 27.6 Å². The maximum absolute atomic E-state index is 12.6. The Labute approximate surface area is 175 Å². The van der Waals surface area contributed by atoms with Crippen LogP contribution in [0.4, 0.5) is 13.2 Å². The Balaban J connectivity index is 1.57. The lowest BCUT2D eigenvalue weighted by atomic mass is 10.1. The summed E-state index contributed by atoms with van der Waals surface area (Å²) in [5.74, 6) is -0.454. The summed E-state index contributed by atoms with van der Waals surface area (Å²) >= 11 is 12.1. The lowest BCUT2D eigenvalue weighted by Crippen LogP contribution is -2.51. The zero-order valence-corrected chi connectivity index (χ0v) is 16.7. The van der Waals surface area contributed by atoms with Crippen molar-refractivity contribution in [3.05, 3.63) is 69.2 Å². The number of carbonyl (C=O) groups excluding carboxylic acids is 2. The topological polar surface area (TPSA) is 40.6 Å². The molecule has 0 atom stereocenters. The average Bonchev–Trinajstić information content (AvgIpc) is 2.69. The largest absolute Gasteiger partial charge is 0.416 e. The van der Waals surface area contributed by atoms with Crippen LogP contribution < -0.4 is 0 Å². The monoisotopic (exact) mass is 444 g/mol. The van der Waals surface area contributed by atoms with Crippen molar-refractivity contribution in [2.45, 2.75) is 12.6 Å². The Morgan fingerprint density at radius 3 is 2.07 bits per heavy atom. The number of rotatable bonds is 3. The van der Waals surface area contributed by atoms with Gasteiger partial charge in [-0.3, -0.25) is 9.59 Å². The quantitative estimate of drug-likeness (QED) is 0.697. The first-order valence-electron chi connectivity index (χ1n) is 8.84. The molecule has 3 rings (SSSR count). The molecule has 1 aliphatic heterocycles. The van der Waals surface area contributed by atoms with Crippen LogP contribution in [0.5, 0.6) is 0 Å². The average molecular weight is 445 g/mol. The molecule has 9 heteroatoms. The molecule has 1 heterocycles. The number of halogens is 5. The molecule has 2 amide bonds. The maximum atomic E-state index is 12.6. The van der Waals surface area contributed by atoms with Crippen LogP contribution in [0, 0.1) is 0 Å². The van der Waals surface area contributed by atoms with E-state index in [9.17, 15) is 22.8 Å². The zero-order chi connectivity index (χ0) is 21.2. The molecule has 2 aromatic carbocycles. The molecule has 0 aromatic heterocycles. The number of hydrogen-bond acceptors (Lipinski definition) is 2. The molecular weight excluding hydrogens is 428 g/mol. The number of alkyl halides is 3. The fourth-order valence-electron chi connectivity index (χ4n) is 3.10. The number of carbonyl (C=O) groups is 2. The van der Waals surface area contributed by atoms with Gasteiger partial charge < -0.3 is 9.80 Å². The van der Waals surface area contributed by atoms with Gasteiger partial charge in [-0.1, -0.05) is 41.4 Å². The molecule has 0 radical (unpaired) electrons. The highest BCUT2D eigenvalue weighted by Crippen LogP contribution is 2.29. The molecule has 0 saturated carbocycles. The molecule has 1 fully saturated rings. The van der Waals surface area contributed by atoms with E-state index in [2.05, 4.69) is 0 Å². The van der Waals surface area contributed by atoms with Crippen molar-refractivity contribution in [3.8, 4) is 0 Å². The molecule has 1 aliphatic rings. The van der Waals surface area contributed by atoms with Gasteiger partial charge in [0.1, 0.15) is 0 Å². The second-order valence-electron chi connectivity index (χ2n) is 6.65. The predicted molar refractivity (Wildman–Crippen MR) is 104 cm³/mol. The van der Waals surface area contributed by atoms with Crippen molar-refractivity contribution in [2.24, 2.45) is 0 Å². The minimum absolute atomic E-state index is 0.00616. The SMILES string of the molecule is O=C(Cc1ccc(C(F)(F)F)cc1)N1CCN(C(=O)c2cccc(Cl)c2Cl)CC1. The van der Waals surface area contributed by atoms with Crippen molar-refractivity contribution in [1.29, 1.82) is 0 Å². The molecular formula is C20H17Cl2F3N2O2. The van der Waals surface area contributed by atoms with E-state index in [0.29, 0.717) is 42.3 Å². The van der Waals surface area contributed by atoms with Crippen molar-refractivity contribution in [1.82, 2.24) is 9.80 Å². The molecule has 0 bridgehead atoms. The Kier molecular flexibility index (Phi) is 6.39. The van der Waals surface area contributed by atoms with Crippen LogP contribution >= 0.6 is 23.2 Å². The minimum Gasteiger partial charge on any atom is -0.339 e. The highest BCUT2D eigenvalue weighted by atomic mass is 35.5. The smallest absolute Gasteiger partial charge is 0.339 e. The van der Waals surface area contributed by atoms with Crippen molar-refractivity contribution < 1.29 is 22.8 Å². The second kappa shape index (κ2) is 8.63. The van der Waals surface area contributed by atoms with E-state index in [1.807, 2.05) is 0 Å². The Bertz CT molecular complexity index is 909. The van der Waals surface area contributed by atoms with E-state index in [1.165, 1.54) is 12.1 Å². The van der Waals surface area contributed by atoms with Gasteiger partial charge in [-0.25, -0.2) is 0 Å². The lowest BCUT2D eigenvalue weighted by molar-refractivity contribution is -0.137. The normalized spacial score (nSPS) is 14.8. The third-order valence-corrected chi connectivity index (χ3v) is 5.56. The Morgan fingerprint density at radius 1 is 0.897 bits per heavy atom. The minimum atomic E-state index is -4.41. The number of nitrogens with zero attached hydrogens (tertiary/aromatic N) is 2. The molecule has 0 aliphatic carbocycles. The number of piperazine rings is 1. The summed E-state index contributed by atoms with van der Waals surface area (Å²) in [5.41, 5.74) is 0.0661. The van der Waals surface area contributed by atoms with Gasteiger partial charge in [-0.05, 0) is 29.8 Å². The molecule has 154 valence electrons. The van der Waals surface area contributed by atoms with Gasteiger partial charge in [0.25, 0.3) is 5.91 Å². The van der Waals surface area contributed by atoms with Crippen molar-refractivity contribution in [3.63, 3.8) is 0 Å². The molecule has 0 spiro atoms. The van der Waals surface area contributed by atoms with E-state index in [1.54, 1.807) is 28.0 Å². The summed E-state index contributed by atoms with van der Waals surface area (Å²) in [7, 11) is 0. The molecule has 4 nitrogen and oxygen atoms in total. The standard InChI is InChI=1S/C20H17Cl2F3N2O2/c21-16-3-1-2-15(18(16)22)19(29)27-10-8-26(9-11-27)17(28)12-13-4-6-14(7-5-13)20(23,24)25/h1-7H,8-12H2. The first-order valence-corrected chi connectivity index (χ1v) is 9.59. The van der Waals surface area contributed by atoms with E-state index < -0.39 is 11.7 Å². The van der Waals surface area contributed by atoms with Crippen LogP contribution in [0.15, 0.2) is 42.5 Å². The lowest BCUT2D eigenvalue weighted by Gasteiger charge is -2.35. The van der Waals surface area contributed by atoms with Gasteiger partial charge in [0.2, 0.25) is 5.91 Å². The van der Waals surface area contributed by atoms with E-state index in [4.69, 9.17) is 23.2 Å². The highest BCUT2D eigenvalue weighted by Gasteiger charge is 2.30. The summed E-state index contributed by atoms with van der Waals surface area (Å²) in [6, 6.07) is 9.38. The van der Waals surface area contributed by atoms with Gasteiger partial charge in [0.15, 0.2) is 0 Å². The molecule has 2 aromatic rings.